The molecular formula is C53H53F2N3. The van der Waals surface area contributed by atoms with Crippen LogP contribution in [0.5, 0.6) is 0 Å². The second-order valence-electron chi connectivity index (χ2n) is 20.2. The van der Waals surface area contributed by atoms with Gasteiger partial charge in [0.25, 0.3) is 0 Å². The number of hydrogen-bond acceptors (Lipinski definition) is 0. The molecule has 2 heterocycles. The summed E-state index contributed by atoms with van der Waals surface area (Å²) < 4.78 is 34.7. The molecule has 2 aromatic heterocycles. The molecule has 0 atom stereocenters. The van der Waals surface area contributed by atoms with E-state index in [2.05, 4.69) is 170 Å². The van der Waals surface area contributed by atoms with Crippen molar-refractivity contribution in [2.24, 2.45) is 0 Å². The summed E-state index contributed by atoms with van der Waals surface area (Å²) in [4.78, 5) is 4.39. The topological polar surface area (TPSA) is 14.2 Å². The minimum atomic E-state index is -0.673. The zero-order valence-electron chi connectivity index (χ0n) is 35.9. The van der Waals surface area contributed by atoms with Gasteiger partial charge in [0.1, 0.15) is 11.6 Å². The number of nitrogens with zero attached hydrogens (tertiary/aromatic N) is 3. The van der Waals surface area contributed by atoms with Gasteiger partial charge in [-0.3, -0.25) is 0 Å². The smallest absolute Gasteiger partial charge is 0.234 e. The van der Waals surface area contributed by atoms with Crippen LogP contribution in [-0.4, -0.2) is 9.13 Å². The van der Waals surface area contributed by atoms with Crippen LogP contribution in [0.15, 0.2) is 103 Å². The number of fused-ring (bicyclic) bond motifs is 6. The van der Waals surface area contributed by atoms with Crippen molar-refractivity contribution in [3.05, 3.63) is 148 Å². The van der Waals surface area contributed by atoms with Gasteiger partial charge in [-0.05, 0) is 122 Å². The van der Waals surface area contributed by atoms with Crippen LogP contribution in [0.2, 0.25) is 0 Å². The van der Waals surface area contributed by atoms with Crippen molar-refractivity contribution >= 4 is 49.3 Å². The largest absolute Gasteiger partial charge is 0.319 e. The van der Waals surface area contributed by atoms with Crippen LogP contribution in [0.4, 0.5) is 14.5 Å². The lowest BCUT2D eigenvalue weighted by atomic mass is 9.85. The Bertz CT molecular complexity index is 2850. The number of aromatic nitrogens is 2. The molecular weight excluding hydrogens is 717 g/mol. The van der Waals surface area contributed by atoms with Crippen LogP contribution in [0.3, 0.4) is 0 Å². The SMILES string of the molecule is [C-]#[N+]c1c(-n2c3ccc(C(C)(C)C)cc3c3cc(C(C)(C)C)ccc32)ccc(-c2cc(F)cc(F)c2)c1-n1c2ccc(C(C)(C)C)cc2c2cc(C(C)(C)C)ccc21. The second-order valence-corrected chi connectivity index (χ2v) is 20.2. The molecule has 8 aromatic rings. The monoisotopic (exact) mass is 769 g/mol. The fraction of sp³-hybridized carbons (Fsp3) is 0.302. The van der Waals surface area contributed by atoms with E-state index in [1.54, 1.807) is 0 Å². The molecule has 0 N–H and O–H groups in total. The van der Waals surface area contributed by atoms with Crippen molar-refractivity contribution in [2.75, 3.05) is 0 Å². The highest BCUT2D eigenvalue weighted by molar-refractivity contribution is 6.13. The molecule has 5 heteroatoms. The number of hydrogen-bond donors (Lipinski definition) is 0. The Kier molecular flexibility index (Phi) is 8.87. The third kappa shape index (κ3) is 6.48. The Morgan fingerprint density at radius 3 is 1.10 bits per heavy atom. The maximum Gasteiger partial charge on any atom is 0.234 e. The Hall–Kier alpha value is -5.73. The van der Waals surface area contributed by atoms with Gasteiger partial charge in [0.2, 0.25) is 5.69 Å². The van der Waals surface area contributed by atoms with E-state index >= 15 is 8.78 Å². The van der Waals surface area contributed by atoms with Crippen molar-refractivity contribution in [1.29, 1.82) is 0 Å². The molecule has 0 unspecified atom stereocenters. The maximum atomic E-state index is 15.2. The van der Waals surface area contributed by atoms with Gasteiger partial charge in [-0.15, -0.1) is 0 Å². The molecule has 0 spiro atoms. The van der Waals surface area contributed by atoms with Crippen molar-refractivity contribution in [3.8, 4) is 22.5 Å². The normalized spacial score (nSPS) is 13.0. The lowest BCUT2D eigenvalue weighted by Gasteiger charge is -2.22. The fourth-order valence-electron chi connectivity index (χ4n) is 8.44. The molecule has 8 rings (SSSR count). The van der Waals surface area contributed by atoms with Crippen molar-refractivity contribution in [2.45, 2.75) is 105 Å². The molecule has 0 amide bonds. The first kappa shape index (κ1) is 39.1. The van der Waals surface area contributed by atoms with E-state index in [-0.39, 0.29) is 21.7 Å². The maximum absolute atomic E-state index is 15.2. The van der Waals surface area contributed by atoms with E-state index in [1.165, 1.54) is 34.4 Å². The number of benzene rings is 6. The zero-order chi connectivity index (χ0) is 41.9. The average Bonchev–Trinajstić information content (AvgIpc) is 3.63. The van der Waals surface area contributed by atoms with E-state index in [4.69, 9.17) is 6.57 Å². The highest BCUT2D eigenvalue weighted by atomic mass is 19.1. The first-order valence-corrected chi connectivity index (χ1v) is 20.3. The molecule has 3 nitrogen and oxygen atoms in total. The van der Waals surface area contributed by atoms with E-state index in [1.807, 2.05) is 12.1 Å². The predicted molar refractivity (Wildman–Crippen MR) is 242 cm³/mol. The van der Waals surface area contributed by atoms with Crippen LogP contribution < -0.4 is 0 Å². The van der Waals surface area contributed by atoms with Gasteiger partial charge in [-0.2, -0.15) is 0 Å². The summed E-state index contributed by atoms with van der Waals surface area (Å²) in [6.07, 6.45) is 0. The van der Waals surface area contributed by atoms with Crippen LogP contribution in [0.1, 0.15) is 105 Å². The summed E-state index contributed by atoms with van der Waals surface area (Å²) >= 11 is 0. The number of rotatable bonds is 3. The lowest BCUT2D eigenvalue weighted by Crippen LogP contribution is -2.10. The Balaban J connectivity index is 1.56. The highest BCUT2D eigenvalue weighted by Gasteiger charge is 2.28. The van der Waals surface area contributed by atoms with E-state index in [9.17, 15) is 0 Å². The third-order valence-electron chi connectivity index (χ3n) is 11.9. The second kappa shape index (κ2) is 13.1. The Morgan fingerprint density at radius 2 is 0.776 bits per heavy atom. The molecule has 0 aliphatic rings. The minimum absolute atomic E-state index is 0.0722. The van der Waals surface area contributed by atoms with Gasteiger partial charge in [0.05, 0.1) is 40.0 Å². The number of halogens is 2. The molecule has 0 fully saturated rings. The van der Waals surface area contributed by atoms with Gasteiger partial charge in [-0.25, -0.2) is 13.6 Å². The van der Waals surface area contributed by atoms with Crippen molar-refractivity contribution in [1.82, 2.24) is 9.13 Å². The standard InChI is InChI=1S/C53H53F2N3/c1-50(2,3)32-14-19-43-39(26-32)40-27-33(51(4,5)6)15-20-44(40)57(43)47-23-18-38(31-24-36(54)30-37(55)25-31)49(48(47)56-13)58-45-21-16-34(52(7,8)9)28-41(45)42-29-35(53(10,11)12)17-22-46(42)58/h14-30H,1-12H3. The molecule has 0 aliphatic heterocycles. The average molecular weight is 770 g/mol. The van der Waals surface area contributed by atoms with Crippen LogP contribution >= 0.6 is 0 Å². The molecule has 58 heavy (non-hydrogen) atoms. The van der Waals surface area contributed by atoms with Gasteiger partial charge in [0, 0.05) is 27.6 Å². The fourth-order valence-corrected chi connectivity index (χ4v) is 8.44. The minimum Gasteiger partial charge on any atom is -0.319 e. The molecule has 6 aromatic carbocycles. The third-order valence-corrected chi connectivity index (χ3v) is 11.9. The van der Waals surface area contributed by atoms with Crippen LogP contribution in [0.25, 0.3) is 71.0 Å². The molecule has 0 saturated carbocycles. The summed E-state index contributed by atoms with van der Waals surface area (Å²) in [5.41, 5.74) is 10.9. The van der Waals surface area contributed by atoms with Gasteiger partial charge in [0.15, 0.2) is 0 Å². The molecule has 0 aliphatic carbocycles. The zero-order valence-corrected chi connectivity index (χ0v) is 35.9. The van der Waals surface area contributed by atoms with Crippen LogP contribution in [0, 0.1) is 18.2 Å². The summed E-state index contributed by atoms with van der Waals surface area (Å²) in [7, 11) is 0. The van der Waals surface area contributed by atoms with Crippen LogP contribution in [-0.2, 0) is 21.7 Å². The van der Waals surface area contributed by atoms with E-state index in [0.29, 0.717) is 28.2 Å². The van der Waals surface area contributed by atoms with E-state index < -0.39 is 11.6 Å². The summed E-state index contributed by atoms with van der Waals surface area (Å²) in [5.74, 6) is -1.35. The molecule has 0 saturated heterocycles. The first-order valence-electron chi connectivity index (χ1n) is 20.3. The molecule has 0 bridgehead atoms. The van der Waals surface area contributed by atoms with Gasteiger partial charge in [-0.1, -0.05) is 113 Å². The van der Waals surface area contributed by atoms with Gasteiger partial charge < -0.3 is 9.13 Å². The lowest BCUT2D eigenvalue weighted by molar-refractivity contribution is 0.584. The summed E-state index contributed by atoms with van der Waals surface area (Å²) in [6, 6.07) is 34.0. The quantitative estimate of drug-likeness (QED) is 0.159. The molecule has 294 valence electrons. The Morgan fingerprint density at radius 1 is 0.431 bits per heavy atom. The summed E-state index contributed by atoms with van der Waals surface area (Å²) in [5, 5.41) is 4.35. The van der Waals surface area contributed by atoms with E-state index in [0.717, 1.165) is 49.7 Å². The Labute approximate surface area is 341 Å². The van der Waals surface area contributed by atoms with Gasteiger partial charge >= 0.3 is 0 Å². The first-order chi connectivity index (χ1) is 27.1. The molecule has 0 radical (unpaired) electrons. The van der Waals surface area contributed by atoms with Crippen molar-refractivity contribution in [3.63, 3.8) is 0 Å². The summed E-state index contributed by atoms with van der Waals surface area (Å²) in [6.45, 7) is 35.7. The predicted octanol–water partition coefficient (Wildman–Crippen LogP) is 15.6. The highest BCUT2D eigenvalue weighted by Crippen LogP contribution is 2.47. The van der Waals surface area contributed by atoms with Crippen molar-refractivity contribution < 1.29 is 8.78 Å².